The van der Waals surface area contributed by atoms with Crippen LogP contribution in [0.4, 0.5) is 0 Å². The normalized spacial score (nSPS) is 12.5. The molecule has 1 aliphatic rings. The van der Waals surface area contributed by atoms with Crippen LogP contribution >= 0.6 is 31.9 Å². The predicted molar refractivity (Wildman–Crippen MR) is 70.7 cm³/mol. The quantitative estimate of drug-likeness (QED) is 0.593. The maximum absolute atomic E-state index is 12.2. The Morgan fingerprint density at radius 3 is 2.25 bits per heavy atom. The summed E-state index contributed by atoms with van der Waals surface area (Å²) >= 11 is 6.88. The standard InChI is InChI=1S/C13H6Br2O/c14-10-6-5-8-7-3-1-2-4-9(7)13(16)11(8)12(10)15/h1-6H. The molecular weight excluding hydrogens is 332 g/mol. The molecule has 0 spiro atoms. The Morgan fingerprint density at radius 1 is 0.812 bits per heavy atom. The summed E-state index contributed by atoms with van der Waals surface area (Å²) < 4.78 is 1.75. The van der Waals surface area contributed by atoms with Crippen molar-refractivity contribution in [2.75, 3.05) is 0 Å². The van der Waals surface area contributed by atoms with Gasteiger partial charge in [-0.3, -0.25) is 4.79 Å². The molecule has 2 aromatic rings. The number of fused-ring (bicyclic) bond motifs is 3. The van der Waals surface area contributed by atoms with Crippen LogP contribution in [0.15, 0.2) is 45.3 Å². The smallest absolute Gasteiger partial charge is 0.195 e. The van der Waals surface area contributed by atoms with Gasteiger partial charge in [0.2, 0.25) is 0 Å². The summed E-state index contributed by atoms with van der Waals surface area (Å²) in [5.41, 5.74) is 3.58. The van der Waals surface area contributed by atoms with Crippen LogP contribution in [0.3, 0.4) is 0 Å². The van der Waals surface area contributed by atoms with E-state index >= 15 is 0 Å². The molecule has 0 bridgehead atoms. The number of rotatable bonds is 0. The van der Waals surface area contributed by atoms with Crippen molar-refractivity contribution in [2.24, 2.45) is 0 Å². The van der Waals surface area contributed by atoms with E-state index in [1.54, 1.807) is 0 Å². The van der Waals surface area contributed by atoms with E-state index in [-0.39, 0.29) is 5.78 Å². The van der Waals surface area contributed by atoms with E-state index < -0.39 is 0 Å². The first-order valence-corrected chi connectivity index (χ1v) is 6.41. The van der Waals surface area contributed by atoms with Crippen LogP contribution in [-0.2, 0) is 0 Å². The van der Waals surface area contributed by atoms with Gasteiger partial charge in [0.1, 0.15) is 0 Å². The van der Waals surface area contributed by atoms with Gasteiger partial charge in [-0.25, -0.2) is 0 Å². The second-order valence-electron chi connectivity index (χ2n) is 3.66. The van der Waals surface area contributed by atoms with E-state index in [0.717, 1.165) is 31.2 Å². The van der Waals surface area contributed by atoms with Crippen LogP contribution < -0.4 is 0 Å². The van der Waals surface area contributed by atoms with E-state index in [2.05, 4.69) is 31.9 Å². The van der Waals surface area contributed by atoms with Gasteiger partial charge >= 0.3 is 0 Å². The minimum Gasteiger partial charge on any atom is -0.289 e. The van der Waals surface area contributed by atoms with Crippen molar-refractivity contribution < 1.29 is 4.79 Å². The van der Waals surface area contributed by atoms with Gasteiger partial charge in [-0.1, -0.05) is 30.3 Å². The molecule has 3 heteroatoms. The van der Waals surface area contributed by atoms with Crippen LogP contribution in [-0.4, -0.2) is 5.78 Å². The molecule has 16 heavy (non-hydrogen) atoms. The Hall–Kier alpha value is -0.930. The molecule has 0 atom stereocenters. The minimum absolute atomic E-state index is 0.0961. The highest BCUT2D eigenvalue weighted by Crippen LogP contribution is 2.42. The van der Waals surface area contributed by atoms with Crippen LogP contribution in [0.25, 0.3) is 11.1 Å². The van der Waals surface area contributed by atoms with Crippen molar-refractivity contribution in [1.29, 1.82) is 0 Å². The summed E-state index contributed by atoms with van der Waals surface area (Å²) in [6.07, 6.45) is 0. The fraction of sp³-hybridized carbons (Fsp3) is 0. The van der Waals surface area contributed by atoms with E-state index in [0.29, 0.717) is 0 Å². The van der Waals surface area contributed by atoms with Gasteiger partial charge in [-0.15, -0.1) is 0 Å². The average molecular weight is 338 g/mol. The fourth-order valence-electron chi connectivity index (χ4n) is 2.05. The maximum Gasteiger partial charge on any atom is 0.195 e. The number of hydrogen-bond donors (Lipinski definition) is 0. The largest absolute Gasteiger partial charge is 0.289 e. The Bertz CT molecular complexity index is 617. The zero-order valence-corrected chi connectivity index (χ0v) is 11.3. The monoisotopic (exact) mass is 336 g/mol. The van der Waals surface area contributed by atoms with E-state index in [1.807, 2.05) is 36.4 Å². The molecule has 0 aromatic heterocycles. The molecule has 1 nitrogen and oxygen atoms in total. The van der Waals surface area contributed by atoms with Crippen LogP contribution in [0.1, 0.15) is 15.9 Å². The number of carbonyl (C=O) groups excluding carboxylic acids is 1. The average Bonchev–Trinajstić information content (AvgIpc) is 2.59. The third-order valence-electron chi connectivity index (χ3n) is 2.78. The molecule has 0 radical (unpaired) electrons. The van der Waals surface area contributed by atoms with Gasteiger partial charge in [0.25, 0.3) is 0 Å². The second-order valence-corrected chi connectivity index (χ2v) is 5.31. The highest BCUT2D eigenvalue weighted by atomic mass is 79.9. The number of carbonyl (C=O) groups is 1. The number of ketones is 1. The first-order valence-electron chi connectivity index (χ1n) is 4.82. The molecule has 0 amide bonds. The van der Waals surface area contributed by atoms with Gasteiger partial charge < -0.3 is 0 Å². The molecule has 0 fully saturated rings. The molecule has 0 N–H and O–H groups in total. The fourth-order valence-corrected chi connectivity index (χ4v) is 2.90. The molecule has 1 aliphatic carbocycles. The van der Waals surface area contributed by atoms with Gasteiger partial charge in [0.05, 0.1) is 0 Å². The van der Waals surface area contributed by atoms with Crippen molar-refractivity contribution >= 4 is 37.6 Å². The molecule has 0 saturated carbocycles. The molecule has 78 valence electrons. The van der Waals surface area contributed by atoms with E-state index in [4.69, 9.17) is 0 Å². The van der Waals surface area contributed by atoms with Gasteiger partial charge in [-0.05, 0) is 49.1 Å². The molecule has 0 aliphatic heterocycles. The van der Waals surface area contributed by atoms with Crippen LogP contribution in [0.5, 0.6) is 0 Å². The SMILES string of the molecule is O=C1c2ccccc2-c2ccc(Br)c(Br)c21. The minimum atomic E-state index is 0.0961. The summed E-state index contributed by atoms with van der Waals surface area (Å²) in [6, 6.07) is 11.6. The topological polar surface area (TPSA) is 17.1 Å². The van der Waals surface area contributed by atoms with Crippen molar-refractivity contribution in [1.82, 2.24) is 0 Å². The van der Waals surface area contributed by atoms with Gasteiger partial charge in [-0.2, -0.15) is 0 Å². The Morgan fingerprint density at radius 2 is 1.50 bits per heavy atom. The third-order valence-corrected chi connectivity index (χ3v) is 4.80. The predicted octanol–water partition coefficient (Wildman–Crippen LogP) is 4.42. The number of halogens is 2. The lowest BCUT2D eigenvalue weighted by Crippen LogP contribution is -1.96. The summed E-state index contributed by atoms with van der Waals surface area (Å²) in [5.74, 6) is 0.0961. The molecule has 0 unspecified atom stereocenters. The molecule has 0 heterocycles. The lowest BCUT2D eigenvalue weighted by atomic mass is 10.1. The van der Waals surface area contributed by atoms with Gasteiger partial charge in [0, 0.05) is 20.1 Å². The van der Waals surface area contributed by atoms with Crippen LogP contribution in [0.2, 0.25) is 0 Å². The van der Waals surface area contributed by atoms with Crippen molar-refractivity contribution in [3.63, 3.8) is 0 Å². The Kier molecular flexibility index (Phi) is 2.26. The molecular formula is C13H6Br2O. The zero-order valence-electron chi connectivity index (χ0n) is 8.13. The van der Waals surface area contributed by atoms with Crippen molar-refractivity contribution in [2.45, 2.75) is 0 Å². The zero-order chi connectivity index (χ0) is 11.3. The molecule has 3 rings (SSSR count). The summed E-state index contributed by atoms with van der Waals surface area (Å²) in [6.45, 7) is 0. The second kappa shape index (κ2) is 3.54. The van der Waals surface area contributed by atoms with Gasteiger partial charge in [0.15, 0.2) is 5.78 Å². The summed E-state index contributed by atoms with van der Waals surface area (Å²) in [4.78, 5) is 12.2. The molecule has 2 aromatic carbocycles. The first-order chi connectivity index (χ1) is 7.70. The summed E-state index contributed by atoms with van der Waals surface area (Å²) in [5, 5.41) is 0. The van der Waals surface area contributed by atoms with E-state index in [9.17, 15) is 4.79 Å². The highest BCUT2D eigenvalue weighted by molar-refractivity contribution is 9.13. The van der Waals surface area contributed by atoms with Crippen molar-refractivity contribution in [3.8, 4) is 11.1 Å². The van der Waals surface area contributed by atoms with Crippen LogP contribution in [0, 0.1) is 0 Å². The van der Waals surface area contributed by atoms with E-state index in [1.165, 1.54) is 0 Å². The lowest BCUT2D eigenvalue weighted by molar-refractivity contribution is 0.104. The highest BCUT2D eigenvalue weighted by Gasteiger charge is 2.28. The Balaban J connectivity index is 2.42. The summed E-state index contributed by atoms with van der Waals surface area (Å²) in [7, 11) is 0. The maximum atomic E-state index is 12.2. The first kappa shape index (κ1) is 10.2. The lowest BCUT2D eigenvalue weighted by Gasteiger charge is -2.03. The number of hydrogen-bond acceptors (Lipinski definition) is 1. The number of benzene rings is 2. The third kappa shape index (κ3) is 1.25. The molecule has 0 saturated heterocycles. The Labute approximate surface area is 110 Å². The van der Waals surface area contributed by atoms with Crippen molar-refractivity contribution in [3.05, 3.63) is 56.5 Å².